The molecule has 3 rings (SSSR count). The number of likely N-dealkylation sites (tertiary alicyclic amines) is 1. The van der Waals surface area contributed by atoms with E-state index in [4.69, 9.17) is 39.6 Å². The average Bonchev–Trinajstić information content (AvgIpc) is 1.38. The van der Waals surface area contributed by atoms with Crippen LogP contribution in [0.15, 0.2) is 72.9 Å². The van der Waals surface area contributed by atoms with Gasteiger partial charge >= 0.3 is 18.0 Å². The fourth-order valence-corrected chi connectivity index (χ4v) is 12.4. The molecule has 5 unspecified atom stereocenters. The summed E-state index contributed by atoms with van der Waals surface area (Å²) in [6.45, 7) is 3.18. The lowest BCUT2D eigenvalue weighted by Crippen LogP contribution is -2.62. The zero-order valence-electron chi connectivity index (χ0n) is 58.3. The number of carbonyl (C=O) groups is 9. The minimum Gasteiger partial charge on any atom is -0.481 e. The second-order valence-corrected chi connectivity index (χ2v) is 26.0. The largest absolute Gasteiger partial charge is 0.481 e. The maximum absolute atomic E-state index is 13.7. The number of terminal acetylenes is 1. The molecule has 556 valence electrons. The van der Waals surface area contributed by atoms with Crippen molar-refractivity contribution in [2.45, 2.75) is 253 Å². The third kappa shape index (κ3) is 34.8. The first-order valence-electron chi connectivity index (χ1n) is 35.0. The predicted molar refractivity (Wildman–Crippen MR) is 371 cm³/mol. The summed E-state index contributed by atoms with van der Waals surface area (Å²) in [6, 6.07) is -1.28. The second kappa shape index (κ2) is 51.8. The van der Waals surface area contributed by atoms with Gasteiger partial charge in [0, 0.05) is 90.3 Å². The lowest BCUT2D eigenvalue weighted by molar-refractivity contribution is -0.328. The standard InChI is InChI=1S/C73H111N3O22S/c1-6-9-11-12-13-14-15-16-17-18-19-20-21-22-23-24-25-26-31-40-55(79)46-52(69(88)89)50-99-59-47-60(80)76(68(59)87)44-36-28-33-41-54(78)45-51(37-30-27-32-39-53(77)38-29-10-7-2)67(86)74-43-35-34-42-56(70(90)94-8-3)75-73(91)98-66-62(82)58(96-71(93-5)65(66)85)49-95-72-64(84)63(83)61(81)57(97-72)48-92-4/h2,9,11,13-14,16-17,19-20,22-23,25-26,51-52,56-59,61-66,71-72,81-85H,6,8,10,12,15,18,21,24,27-50H2,1,3-5H3,(H,74,86)(H,75,91)(H,88,89)/b11-9-,14-13-,17-16-,20-19-,23-22-,26-25-/t51-,52-,56+,57?,58?,59?,61-,62-,63+,64?,65?,66+,71+,72-/m1/s1. The molecule has 99 heavy (non-hydrogen) atoms. The van der Waals surface area contributed by atoms with E-state index in [0.717, 1.165) is 43.9 Å². The van der Waals surface area contributed by atoms with Crippen molar-refractivity contribution in [1.82, 2.24) is 15.5 Å². The number of hydrogen-bond donors (Lipinski definition) is 8. The number of esters is 1. The number of methoxy groups -OCH3 is 2. The number of allylic oxidation sites excluding steroid dienone is 12. The molecular formula is C73H111N3O22S. The number of aliphatic hydroxyl groups excluding tert-OH is 5. The van der Waals surface area contributed by atoms with Gasteiger partial charge in [-0.1, -0.05) is 99.1 Å². The molecule has 8 N–H and O–H groups in total. The lowest BCUT2D eigenvalue weighted by atomic mass is 9.92. The molecule has 26 heteroatoms. The van der Waals surface area contributed by atoms with E-state index in [9.17, 15) is 73.8 Å². The highest BCUT2D eigenvalue weighted by Gasteiger charge is 2.50. The first kappa shape index (κ1) is 87.0. The molecule has 4 amide bonds. The number of alkyl carbamates (subject to hydrolysis) is 1. The zero-order valence-corrected chi connectivity index (χ0v) is 59.1. The van der Waals surface area contributed by atoms with Gasteiger partial charge in [0.1, 0.15) is 66.1 Å². The Labute approximate surface area is 588 Å². The third-order valence-electron chi connectivity index (χ3n) is 16.8. The van der Waals surface area contributed by atoms with Crippen LogP contribution in [0.5, 0.6) is 0 Å². The second-order valence-electron chi connectivity index (χ2n) is 24.8. The fraction of sp³-hybridized carbons (Fsp3) is 0.685. The molecule has 3 heterocycles. The number of unbranched alkanes of at least 4 members (excludes halogenated alkanes) is 6. The number of imide groups is 1. The van der Waals surface area contributed by atoms with Gasteiger partial charge in [-0.15, -0.1) is 24.1 Å². The Bertz CT molecular complexity index is 2680. The van der Waals surface area contributed by atoms with Crippen LogP contribution >= 0.6 is 11.8 Å². The Hall–Kier alpha value is -6.22. The fourth-order valence-electron chi connectivity index (χ4n) is 11.1. The summed E-state index contributed by atoms with van der Waals surface area (Å²) in [4.78, 5) is 119. The van der Waals surface area contributed by atoms with Crippen LogP contribution in [0.1, 0.15) is 181 Å². The number of aliphatic hydroxyl groups is 5. The molecule has 3 fully saturated rings. The third-order valence-corrected chi connectivity index (χ3v) is 18.2. The van der Waals surface area contributed by atoms with Gasteiger partial charge in [-0.3, -0.25) is 38.5 Å². The van der Waals surface area contributed by atoms with Gasteiger partial charge in [0.2, 0.25) is 17.7 Å². The van der Waals surface area contributed by atoms with Crippen LogP contribution in [0, 0.1) is 24.2 Å². The zero-order chi connectivity index (χ0) is 72.7. The maximum atomic E-state index is 13.7. The Morgan fingerprint density at radius 2 is 1.22 bits per heavy atom. The molecular weight excluding hydrogens is 1300 g/mol. The molecule has 0 bridgehead atoms. The number of rotatable bonds is 53. The molecule has 0 aliphatic carbocycles. The van der Waals surface area contributed by atoms with E-state index in [1.54, 1.807) is 6.92 Å². The van der Waals surface area contributed by atoms with E-state index >= 15 is 0 Å². The number of ketones is 3. The van der Waals surface area contributed by atoms with E-state index in [1.165, 1.54) is 19.1 Å². The van der Waals surface area contributed by atoms with Gasteiger partial charge < -0.3 is 74.4 Å². The maximum Gasteiger partial charge on any atom is 0.408 e. The van der Waals surface area contributed by atoms with Crippen LogP contribution in [0.25, 0.3) is 0 Å². The molecule has 0 spiro atoms. The molecule has 3 aliphatic rings. The summed E-state index contributed by atoms with van der Waals surface area (Å²) in [5.74, 6) is -2.57. The number of thioether (sulfide) groups is 1. The first-order chi connectivity index (χ1) is 47.7. The van der Waals surface area contributed by atoms with Gasteiger partial charge in [-0.25, -0.2) is 9.59 Å². The van der Waals surface area contributed by atoms with Crippen LogP contribution in [-0.4, -0.2) is 214 Å². The van der Waals surface area contributed by atoms with Crippen LogP contribution in [0.2, 0.25) is 0 Å². The highest BCUT2D eigenvalue weighted by Crippen LogP contribution is 2.31. The van der Waals surface area contributed by atoms with Crippen molar-refractivity contribution in [3.8, 4) is 12.3 Å². The van der Waals surface area contributed by atoms with Gasteiger partial charge in [0.05, 0.1) is 31.0 Å². The summed E-state index contributed by atoms with van der Waals surface area (Å²) in [7, 11) is 2.52. The van der Waals surface area contributed by atoms with Crippen LogP contribution in [0.4, 0.5) is 4.79 Å². The summed E-state index contributed by atoms with van der Waals surface area (Å²) < 4.78 is 37.7. The molecule has 14 atom stereocenters. The lowest BCUT2D eigenvalue weighted by Gasteiger charge is -2.43. The smallest absolute Gasteiger partial charge is 0.408 e. The Balaban J connectivity index is 1.45. The van der Waals surface area contributed by atoms with Gasteiger partial charge in [0.25, 0.3) is 0 Å². The van der Waals surface area contributed by atoms with Crippen molar-refractivity contribution in [1.29, 1.82) is 0 Å². The topological polar surface area (TPSA) is 367 Å². The number of ether oxygens (including phenoxy) is 7. The number of hydrogen-bond acceptors (Lipinski definition) is 22. The number of carboxylic acid groups (broad SMARTS) is 1. The van der Waals surface area contributed by atoms with E-state index in [2.05, 4.69) is 84.2 Å². The minimum absolute atomic E-state index is 0.00128. The molecule has 0 saturated carbocycles. The summed E-state index contributed by atoms with van der Waals surface area (Å²) in [6.07, 6.45) is 25.5. The van der Waals surface area contributed by atoms with Crippen molar-refractivity contribution in [3.63, 3.8) is 0 Å². The number of carbonyl (C=O) groups excluding carboxylic acids is 8. The molecule has 0 aromatic rings. The molecule has 0 radical (unpaired) electrons. The van der Waals surface area contributed by atoms with E-state index < -0.39 is 115 Å². The minimum atomic E-state index is -1.78. The molecule has 3 saturated heterocycles. The van der Waals surface area contributed by atoms with Crippen molar-refractivity contribution >= 4 is 64.9 Å². The van der Waals surface area contributed by atoms with Crippen molar-refractivity contribution < 1.29 is 107 Å². The van der Waals surface area contributed by atoms with Crippen molar-refractivity contribution in [2.24, 2.45) is 11.8 Å². The quantitative estimate of drug-likeness (QED) is 0.00971. The van der Waals surface area contributed by atoms with E-state index in [0.29, 0.717) is 89.9 Å². The number of Topliss-reactive ketones (excluding diaryl/α,β-unsaturated/α-hetero) is 3. The van der Waals surface area contributed by atoms with E-state index in [1.807, 2.05) is 12.2 Å². The van der Waals surface area contributed by atoms with Gasteiger partial charge in [-0.2, -0.15) is 0 Å². The molecule has 25 nitrogen and oxygen atoms in total. The Morgan fingerprint density at radius 3 is 1.84 bits per heavy atom. The Morgan fingerprint density at radius 1 is 0.646 bits per heavy atom. The number of aliphatic carboxylic acids is 1. The summed E-state index contributed by atoms with van der Waals surface area (Å²) in [5, 5.41) is 67.9. The molecule has 0 aromatic heterocycles. The summed E-state index contributed by atoms with van der Waals surface area (Å²) >= 11 is 1.07. The number of amides is 4. The van der Waals surface area contributed by atoms with Crippen molar-refractivity contribution in [3.05, 3.63) is 72.9 Å². The predicted octanol–water partition coefficient (Wildman–Crippen LogP) is 7.32. The first-order valence-corrected chi connectivity index (χ1v) is 36.1. The van der Waals surface area contributed by atoms with Crippen molar-refractivity contribution in [2.75, 3.05) is 52.9 Å². The number of nitrogens with zero attached hydrogens (tertiary/aromatic N) is 1. The normalized spacial score (nSPS) is 23.8. The van der Waals surface area contributed by atoms with Crippen LogP contribution < -0.4 is 10.6 Å². The van der Waals surface area contributed by atoms with Gasteiger partial charge in [-0.05, 0) is 103 Å². The summed E-state index contributed by atoms with van der Waals surface area (Å²) in [5.41, 5.74) is 0. The SMILES string of the molecule is C#CCCCC(=O)CCCCC[C@H](CC(=O)CCCCCN1C(=O)CC(SC[C@@H](CC(=O)CC/C=C\C/C=C\C/C=C\C/C=C\C/C=C\C/C=C\CC)C(=O)O)C1=O)C(=O)NCCCC[C@H](NC(=O)O[C@@H]1C(O)[C@@H](OC)OC(CO[C@@H]2OC(COC)[C@@H](O)[C@H](O)C2O)[C@H]1O)C(=O)OCC. The molecule has 3 aliphatic heterocycles. The van der Waals surface area contributed by atoms with E-state index in [-0.39, 0.29) is 106 Å². The highest BCUT2D eigenvalue weighted by molar-refractivity contribution is 8.00. The van der Waals surface area contributed by atoms with Crippen LogP contribution in [0.3, 0.4) is 0 Å². The Kier molecular flexibility index (Phi) is 45.6. The number of carboxylic acids is 1. The van der Waals surface area contributed by atoms with Crippen LogP contribution in [-0.2, 0) is 71.5 Å². The monoisotopic (exact) mass is 1410 g/mol. The molecule has 0 aromatic carbocycles. The van der Waals surface area contributed by atoms with Gasteiger partial charge in [0.15, 0.2) is 18.7 Å². The highest BCUT2D eigenvalue weighted by atomic mass is 32.2. The number of nitrogens with one attached hydrogen (secondary N) is 2. The average molecular weight is 1410 g/mol.